The van der Waals surface area contributed by atoms with E-state index in [1.54, 1.807) is 0 Å². The molecule has 3 atom stereocenters. The van der Waals surface area contributed by atoms with Crippen molar-refractivity contribution in [3.05, 3.63) is 29.3 Å². The molecule has 1 heterocycles. The van der Waals surface area contributed by atoms with Crippen LogP contribution < -0.4 is 4.74 Å². The molecule has 0 radical (unpaired) electrons. The average molecular weight is 288 g/mol. The van der Waals surface area contributed by atoms with Crippen molar-refractivity contribution in [1.29, 1.82) is 0 Å². The van der Waals surface area contributed by atoms with Gasteiger partial charge in [-0.2, -0.15) is 0 Å². The van der Waals surface area contributed by atoms with Crippen LogP contribution in [0.15, 0.2) is 18.2 Å². The Labute approximate surface area is 128 Å². The Morgan fingerprint density at radius 1 is 1.24 bits per heavy atom. The molecule has 21 heavy (non-hydrogen) atoms. The van der Waals surface area contributed by atoms with E-state index < -0.39 is 0 Å². The van der Waals surface area contributed by atoms with Crippen molar-refractivity contribution in [3.8, 4) is 5.75 Å². The van der Waals surface area contributed by atoms with Gasteiger partial charge in [-0.25, -0.2) is 0 Å². The van der Waals surface area contributed by atoms with Crippen LogP contribution in [0.25, 0.3) is 0 Å². The van der Waals surface area contributed by atoms with Gasteiger partial charge in [-0.1, -0.05) is 31.9 Å². The second-order valence-electron chi connectivity index (χ2n) is 7.48. The monoisotopic (exact) mass is 288 g/mol. The van der Waals surface area contributed by atoms with Gasteiger partial charge in [0, 0.05) is 12.0 Å². The van der Waals surface area contributed by atoms with E-state index in [1.165, 1.54) is 24.8 Å². The van der Waals surface area contributed by atoms with E-state index in [2.05, 4.69) is 32.9 Å². The number of ether oxygens (including phenoxy) is 1. The minimum Gasteiger partial charge on any atom is -0.487 e. The van der Waals surface area contributed by atoms with Gasteiger partial charge in [-0.05, 0) is 56.6 Å². The van der Waals surface area contributed by atoms with Crippen LogP contribution >= 0.6 is 0 Å². The van der Waals surface area contributed by atoms with Crippen molar-refractivity contribution in [3.63, 3.8) is 0 Å². The van der Waals surface area contributed by atoms with Crippen molar-refractivity contribution >= 4 is 0 Å². The van der Waals surface area contributed by atoms with Crippen LogP contribution in [-0.2, 0) is 0 Å². The Hall–Kier alpha value is -1.02. The third-order valence-electron chi connectivity index (χ3n) is 5.54. The molecule has 0 saturated heterocycles. The summed E-state index contributed by atoms with van der Waals surface area (Å²) >= 11 is 0. The predicted molar refractivity (Wildman–Crippen MR) is 85.5 cm³/mol. The molecule has 0 aromatic heterocycles. The van der Waals surface area contributed by atoms with Gasteiger partial charge in [0.25, 0.3) is 0 Å². The fourth-order valence-corrected chi connectivity index (χ4v) is 4.14. The van der Waals surface area contributed by atoms with E-state index in [-0.39, 0.29) is 11.7 Å². The SMILES string of the molecule is Cc1ccc2c(c1)C(O)CC1(CCCC(C(C)C)CC1)O2. The largest absolute Gasteiger partial charge is 0.487 e. The second-order valence-corrected chi connectivity index (χ2v) is 7.48. The maximum Gasteiger partial charge on any atom is 0.125 e. The zero-order chi connectivity index (χ0) is 15.0. The Morgan fingerprint density at radius 3 is 2.81 bits per heavy atom. The van der Waals surface area contributed by atoms with Crippen molar-refractivity contribution in [2.75, 3.05) is 0 Å². The normalized spacial score (nSPS) is 32.6. The first kappa shape index (κ1) is 14.9. The second kappa shape index (κ2) is 5.64. The highest BCUT2D eigenvalue weighted by Gasteiger charge is 2.41. The Balaban J connectivity index is 1.82. The topological polar surface area (TPSA) is 29.5 Å². The van der Waals surface area contributed by atoms with E-state index in [4.69, 9.17) is 4.74 Å². The van der Waals surface area contributed by atoms with Gasteiger partial charge in [0.15, 0.2) is 0 Å². The number of hydrogen-bond acceptors (Lipinski definition) is 2. The number of benzene rings is 1. The summed E-state index contributed by atoms with van der Waals surface area (Å²) < 4.78 is 6.43. The molecule has 116 valence electrons. The van der Waals surface area contributed by atoms with Crippen molar-refractivity contribution in [2.45, 2.75) is 71.0 Å². The van der Waals surface area contributed by atoms with E-state index in [9.17, 15) is 5.11 Å². The van der Waals surface area contributed by atoms with E-state index in [0.717, 1.165) is 42.4 Å². The fraction of sp³-hybridized carbons (Fsp3) is 0.684. The van der Waals surface area contributed by atoms with Gasteiger partial charge in [-0.15, -0.1) is 0 Å². The van der Waals surface area contributed by atoms with Crippen LogP contribution in [0, 0.1) is 18.8 Å². The maximum absolute atomic E-state index is 10.6. The van der Waals surface area contributed by atoms with Gasteiger partial charge in [0.2, 0.25) is 0 Å². The molecule has 1 aromatic carbocycles. The minimum atomic E-state index is -0.371. The van der Waals surface area contributed by atoms with Crippen molar-refractivity contribution in [1.82, 2.24) is 0 Å². The number of rotatable bonds is 1. The van der Waals surface area contributed by atoms with Crippen LogP contribution in [0.5, 0.6) is 5.75 Å². The molecule has 0 amide bonds. The summed E-state index contributed by atoms with van der Waals surface area (Å²) in [4.78, 5) is 0. The van der Waals surface area contributed by atoms with E-state index >= 15 is 0 Å². The summed E-state index contributed by atoms with van der Waals surface area (Å²) in [5, 5.41) is 10.6. The first-order chi connectivity index (χ1) is 9.99. The number of aliphatic hydroxyl groups is 1. The van der Waals surface area contributed by atoms with E-state index in [0.29, 0.717) is 0 Å². The summed E-state index contributed by atoms with van der Waals surface area (Å²) in [7, 11) is 0. The lowest BCUT2D eigenvalue weighted by Gasteiger charge is -2.40. The smallest absolute Gasteiger partial charge is 0.125 e. The van der Waals surface area contributed by atoms with Crippen LogP contribution in [0.3, 0.4) is 0 Å². The summed E-state index contributed by atoms with van der Waals surface area (Å²) in [6, 6.07) is 6.19. The molecule has 1 saturated carbocycles. The predicted octanol–water partition coefficient (Wildman–Crippen LogP) is 4.79. The lowest BCUT2D eigenvalue weighted by Crippen LogP contribution is -2.40. The quantitative estimate of drug-likeness (QED) is 0.805. The van der Waals surface area contributed by atoms with Gasteiger partial charge < -0.3 is 9.84 Å². The molecule has 0 bridgehead atoms. The summed E-state index contributed by atoms with van der Waals surface area (Å²) in [6.45, 7) is 6.73. The molecule has 3 unspecified atom stereocenters. The van der Waals surface area contributed by atoms with Gasteiger partial charge in [0.05, 0.1) is 6.10 Å². The first-order valence-corrected chi connectivity index (χ1v) is 8.47. The van der Waals surface area contributed by atoms with Crippen molar-refractivity contribution < 1.29 is 9.84 Å². The zero-order valence-electron chi connectivity index (χ0n) is 13.6. The van der Waals surface area contributed by atoms with Crippen molar-refractivity contribution in [2.24, 2.45) is 11.8 Å². The number of fused-ring (bicyclic) bond motifs is 1. The molecule has 2 aliphatic rings. The molecule has 2 nitrogen and oxygen atoms in total. The Bertz CT molecular complexity index is 508. The first-order valence-electron chi connectivity index (χ1n) is 8.47. The molecular weight excluding hydrogens is 260 g/mol. The minimum absolute atomic E-state index is 0.134. The summed E-state index contributed by atoms with van der Waals surface area (Å²) in [6.07, 6.45) is 6.31. The molecular formula is C19H28O2. The molecule has 2 heteroatoms. The number of aliphatic hydroxyl groups excluding tert-OH is 1. The number of hydrogen-bond donors (Lipinski definition) is 1. The fourth-order valence-electron chi connectivity index (χ4n) is 4.14. The molecule has 1 fully saturated rings. The van der Waals surface area contributed by atoms with Crippen LogP contribution in [-0.4, -0.2) is 10.7 Å². The third kappa shape index (κ3) is 2.96. The van der Waals surface area contributed by atoms with Crippen LogP contribution in [0.2, 0.25) is 0 Å². The highest BCUT2D eigenvalue weighted by atomic mass is 16.5. The highest BCUT2D eigenvalue weighted by molar-refractivity contribution is 5.40. The highest BCUT2D eigenvalue weighted by Crippen LogP contribution is 2.47. The lowest BCUT2D eigenvalue weighted by molar-refractivity contribution is -0.0254. The summed E-state index contributed by atoms with van der Waals surface area (Å²) in [5.41, 5.74) is 2.03. The van der Waals surface area contributed by atoms with E-state index in [1.807, 2.05) is 6.07 Å². The Morgan fingerprint density at radius 2 is 2.05 bits per heavy atom. The maximum atomic E-state index is 10.6. The molecule has 1 aliphatic carbocycles. The standard InChI is InChI=1S/C19H28O2/c1-13(2)15-5-4-9-19(10-8-15)12-17(20)16-11-14(3)6-7-18(16)21-19/h6-7,11,13,15,17,20H,4-5,8-10,12H2,1-3H3. The zero-order valence-corrected chi connectivity index (χ0v) is 13.6. The molecule has 1 aliphatic heterocycles. The van der Waals surface area contributed by atoms with Gasteiger partial charge in [0.1, 0.15) is 11.4 Å². The third-order valence-corrected chi connectivity index (χ3v) is 5.54. The molecule has 1 aromatic rings. The molecule has 3 rings (SSSR count). The van der Waals surface area contributed by atoms with Gasteiger partial charge >= 0.3 is 0 Å². The number of aryl methyl sites for hydroxylation is 1. The summed E-state index contributed by atoms with van der Waals surface area (Å²) in [5.74, 6) is 2.47. The van der Waals surface area contributed by atoms with Crippen LogP contribution in [0.1, 0.15) is 69.6 Å². The molecule has 1 spiro atoms. The van der Waals surface area contributed by atoms with Crippen LogP contribution in [0.4, 0.5) is 0 Å². The van der Waals surface area contributed by atoms with Gasteiger partial charge in [-0.3, -0.25) is 0 Å². The average Bonchev–Trinajstić information content (AvgIpc) is 2.63. The Kier molecular flexibility index (Phi) is 4.00. The lowest BCUT2D eigenvalue weighted by atomic mass is 9.82. The molecule has 1 N–H and O–H groups in total.